The Labute approximate surface area is 150 Å². The lowest BCUT2D eigenvalue weighted by atomic mass is 10.0. The number of phenols is 1. The monoisotopic (exact) mass is 365 g/mol. The molecule has 0 heterocycles. The van der Waals surface area contributed by atoms with Crippen LogP contribution in [0.1, 0.15) is 30.9 Å². The van der Waals surface area contributed by atoms with E-state index in [1.807, 2.05) is 12.1 Å². The number of benzene rings is 2. The van der Waals surface area contributed by atoms with Crippen LogP contribution in [0.15, 0.2) is 42.5 Å². The SMILES string of the molecule is COc1ccc(C(F)(F)F)cc1NC[C@@H]1C(c2ccc(O)cc2)C1(C)C. The van der Waals surface area contributed by atoms with Crippen LogP contribution in [0.25, 0.3) is 0 Å². The molecule has 2 aromatic rings. The van der Waals surface area contributed by atoms with Gasteiger partial charge in [0.1, 0.15) is 11.5 Å². The largest absolute Gasteiger partial charge is 0.508 e. The third-order valence-corrected chi connectivity index (χ3v) is 5.34. The van der Waals surface area contributed by atoms with Crippen molar-refractivity contribution >= 4 is 5.69 Å². The summed E-state index contributed by atoms with van der Waals surface area (Å²) >= 11 is 0. The van der Waals surface area contributed by atoms with Crippen molar-refractivity contribution in [2.45, 2.75) is 25.9 Å². The fourth-order valence-electron chi connectivity index (χ4n) is 3.71. The normalized spacial score (nSPS) is 21.3. The zero-order valence-corrected chi connectivity index (χ0v) is 14.9. The maximum atomic E-state index is 13.0. The Bertz CT molecular complexity index is 785. The van der Waals surface area contributed by atoms with Crippen LogP contribution in [-0.2, 0) is 6.18 Å². The van der Waals surface area contributed by atoms with Crippen molar-refractivity contribution in [1.82, 2.24) is 0 Å². The minimum atomic E-state index is -4.39. The Morgan fingerprint density at radius 1 is 1.12 bits per heavy atom. The molecule has 3 rings (SSSR count). The second kappa shape index (κ2) is 6.41. The molecule has 2 N–H and O–H groups in total. The van der Waals surface area contributed by atoms with Crippen LogP contribution in [0.4, 0.5) is 18.9 Å². The maximum Gasteiger partial charge on any atom is 0.416 e. The zero-order valence-electron chi connectivity index (χ0n) is 14.9. The zero-order chi connectivity index (χ0) is 19.1. The molecule has 1 saturated carbocycles. The summed E-state index contributed by atoms with van der Waals surface area (Å²) in [6, 6.07) is 10.5. The molecule has 26 heavy (non-hydrogen) atoms. The van der Waals surface area contributed by atoms with Crippen molar-refractivity contribution < 1.29 is 23.0 Å². The van der Waals surface area contributed by atoms with Crippen LogP contribution in [0, 0.1) is 11.3 Å². The van der Waals surface area contributed by atoms with E-state index in [2.05, 4.69) is 19.2 Å². The highest BCUT2D eigenvalue weighted by Gasteiger charge is 2.57. The highest BCUT2D eigenvalue weighted by Crippen LogP contribution is 2.64. The van der Waals surface area contributed by atoms with E-state index in [1.165, 1.54) is 13.2 Å². The number of nitrogens with one attached hydrogen (secondary N) is 1. The van der Waals surface area contributed by atoms with Gasteiger partial charge in [-0.25, -0.2) is 0 Å². The Hall–Kier alpha value is -2.37. The first-order chi connectivity index (χ1) is 12.1. The number of methoxy groups -OCH3 is 1. The molecule has 0 amide bonds. The number of hydrogen-bond donors (Lipinski definition) is 2. The van der Waals surface area contributed by atoms with Crippen LogP contribution >= 0.6 is 0 Å². The smallest absolute Gasteiger partial charge is 0.416 e. The minimum Gasteiger partial charge on any atom is -0.508 e. The fourth-order valence-corrected chi connectivity index (χ4v) is 3.71. The Morgan fingerprint density at radius 2 is 1.77 bits per heavy atom. The maximum absolute atomic E-state index is 13.0. The molecular weight excluding hydrogens is 343 g/mol. The van der Waals surface area contributed by atoms with Gasteiger partial charge in [-0.05, 0) is 53.1 Å². The van der Waals surface area contributed by atoms with Gasteiger partial charge in [-0.15, -0.1) is 0 Å². The molecule has 6 heteroatoms. The van der Waals surface area contributed by atoms with Crippen LogP contribution in [0.3, 0.4) is 0 Å². The standard InChI is InChI=1S/C20H22F3NO2/c1-19(2)15(18(19)12-4-7-14(25)8-5-12)11-24-16-10-13(20(21,22)23)6-9-17(16)26-3/h4-10,15,18,24-25H,11H2,1-3H3/t15-,18?/m1/s1. The van der Waals surface area contributed by atoms with Crippen LogP contribution in [0.2, 0.25) is 0 Å². The third-order valence-electron chi connectivity index (χ3n) is 5.34. The molecule has 1 unspecified atom stereocenters. The first-order valence-corrected chi connectivity index (χ1v) is 8.42. The van der Waals surface area contributed by atoms with Gasteiger partial charge in [0.25, 0.3) is 0 Å². The summed E-state index contributed by atoms with van der Waals surface area (Å²) in [5.74, 6) is 1.16. The van der Waals surface area contributed by atoms with Crippen molar-refractivity contribution in [3.05, 3.63) is 53.6 Å². The molecule has 0 aromatic heterocycles. The molecule has 140 valence electrons. The number of hydrogen-bond acceptors (Lipinski definition) is 3. The molecule has 1 aliphatic rings. The highest BCUT2D eigenvalue weighted by molar-refractivity contribution is 5.59. The first-order valence-electron chi connectivity index (χ1n) is 8.42. The lowest BCUT2D eigenvalue weighted by Crippen LogP contribution is -2.11. The molecule has 0 radical (unpaired) electrons. The summed E-state index contributed by atoms with van der Waals surface area (Å²) in [4.78, 5) is 0. The molecule has 0 saturated heterocycles. The second-order valence-corrected chi connectivity index (χ2v) is 7.29. The molecular formula is C20H22F3NO2. The van der Waals surface area contributed by atoms with Crippen molar-refractivity contribution in [2.24, 2.45) is 11.3 Å². The molecule has 2 aromatic carbocycles. The van der Waals surface area contributed by atoms with Gasteiger partial charge < -0.3 is 15.2 Å². The number of phenolic OH excluding ortho intramolecular Hbond substituents is 1. The molecule has 1 aliphatic carbocycles. The fraction of sp³-hybridized carbons (Fsp3) is 0.400. The van der Waals surface area contributed by atoms with Crippen molar-refractivity contribution in [1.29, 1.82) is 0 Å². The van der Waals surface area contributed by atoms with Crippen LogP contribution in [0.5, 0.6) is 11.5 Å². The van der Waals surface area contributed by atoms with Gasteiger partial charge in [0.15, 0.2) is 0 Å². The van der Waals surface area contributed by atoms with E-state index in [0.717, 1.165) is 17.7 Å². The summed E-state index contributed by atoms with van der Waals surface area (Å²) in [6.45, 7) is 4.82. The van der Waals surface area contributed by atoms with Crippen LogP contribution < -0.4 is 10.1 Å². The summed E-state index contributed by atoms with van der Waals surface area (Å²) in [6.07, 6.45) is -4.39. The van der Waals surface area contributed by atoms with Gasteiger partial charge in [0, 0.05) is 6.54 Å². The van der Waals surface area contributed by atoms with E-state index < -0.39 is 11.7 Å². The van der Waals surface area contributed by atoms with Gasteiger partial charge >= 0.3 is 6.18 Å². The summed E-state index contributed by atoms with van der Waals surface area (Å²) in [5, 5.41) is 12.6. The van der Waals surface area contributed by atoms with Gasteiger partial charge in [0.2, 0.25) is 0 Å². The average Bonchev–Trinajstić information content (AvgIpc) is 3.13. The number of anilines is 1. The lowest BCUT2D eigenvalue weighted by Gasteiger charge is -2.15. The molecule has 1 fully saturated rings. The van der Waals surface area contributed by atoms with E-state index in [-0.39, 0.29) is 23.0 Å². The predicted octanol–water partition coefficient (Wildman–Crippen LogP) is 5.27. The van der Waals surface area contributed by atoms with Gasteiger partial charge in [-0.3, -0.25) is 0 Å². The predicted molar refractivity (Wildman–Crippen MR) is 94.6 cm³/mol. The third kappa shape index (κ3) is 3.45. The Balaban J connectivity index is 1.75. The number of aromatic hydroxyl groups is 1. The number of rotatable bonds is 5. The number of alkyl halides is 3. The van der Waals surface area contributed by atoms with E-state index in [9.17, 15) is 18.3 Å². The van der Waals surface area contributed by atoms with Crippen molar-refractivity contribution in [3.63, 3.8) is 0 Å². The van der Waals surface area contributed by atoms with E-state index in [4.69, 9.17) is 4.74 Å². The van der Waals surface area contributed by atoms with Gasteiger partial charge in [0.05, 0.1) is 18.4 Å². The highest BCUT2D eigenvalue weighted by atomic mass is 19.4. The topological polar surface area (TPSA) is 41.5 Å². The Morgan fingerprint density at radius 3 is 2.35 bits per heavy atom. The molecule has 0 spiro atoms. The number of ether oxygens (including phenoxy) is 1. The second-order valence-electron chi connectivity index (χ2n) is 7.29. The van der Waals surface area contributed by atoms with Crippen molar-refractivity contribution in [3.8, 4) is 11.5 Å². The summed E-state index contributed by atoms with van der Waals surface area (Å²) < 4.78 is 44.1. The summed E-state index contributed by atoms with van der Waals surface area (Å²) in [5.41, 5.74) is 0.787. The average molecular weight is 365 g/mol. The molecule has 0 aliphatic heterocycles. The van der Waals surface area contributed by atoms with Gasteiger partial charge in [-0.2, -0.15) is 13.2 Å². The summed E-state index contributed by atoms with van der Waals surface area (Å²) in [7, 11) is 1.44. The lowest BCUT2D eigenvalue weighted by molar-refractivity contribution is -0.137. The molecule has 0 bridgehead atoms. The Kier molecular flexibility index (Phi) is 4.54. The van der Waals surface area contributed by atoms with E-state index >= 15 is 0 Å². The first kappa shape index (κ1) is 18.4. The van der Waals surface area contributed by atoms with E-state index in [0.29, 0.717) is 18.0 Å². The molecule has 2 atom stereocenters. The van der Waals surface area contributed by atoms with Gasteiger partial charge in [-0.1, -0.05) is 26.0 Å². The minimum absolute atomic E-state index is 0.0266. The number of halogens is 3. The van der Waals surface area contributed by atoms with Crippen LogP contribution in [-0.4, -0.2) is 18.8 Å². The quantitative estimate of drug-likeness (QED) is 0.758. The van der Waals surface area contributed by atoms with Crippen molar-refractivity contribution in [2.75, 3.05) is 19.0 Å². The molecule has 3 nitrogen and oxygen atoms in total. The van der Waals surface area contributed by atoms with E-state index in [1.54, 1.807) is 12.1 Å².